The highest BCUT2D eigenvalue weighted by molar-refractivity contribution is 5.23. The fourth-order valence-corrected chi connectivity index (χ4v) is 0.722. The van der Waals surface area contributed by atoms with E-state index in [1.165, 1.54) is 12.3 Å². The largest absolute Gasteiger partial charge is 0.407 e. The third kappa shape index (κ3) is 2.75. The van der Waals surface area contributed by atoms with Gasteiger partial charge in [0.15, 0.2) is 0 Å². The zero-order chi connectivity index (χ0) is 9.68. The molecule has 6 nitrogen and oxygen atoms in total. The lowest BCUT2D eigenvalue weighted by Gasteiger charge is -2.05. The third-order valence-electron chi connectivity index (χ3n) is 1.31. The average molecular weight is 185 g/mol. The van der Waals surface area contributed by atoms with Crippen LogP contribution in [0.15, 0.2) is 17.1 Å². The predicted octanol–water partition coefficient (Wildman–Crippen LogP) is -1.10. The molecule has 13 heavy (non-hydrogen) atoms. The van der Waals surface area contributed by atoms with E-state index in [-0.39, 0.29) is 5.82 Å². The number of methoxy groups -OCH3 is 1. The van der Waals surface area contributed by atoms with E-state index in [1.54, 1.807) is 7.11 Å². The summed E-state index contributed by atoms with van der Waals surface area (Å²) in [4.78, 5) is 19.5. The standard InChI is InChI=1S/C7H11N3O3/c1-12-4-5-13-10-3-2-6(8)9-7(10)11/h2-3H,4-5H2,1H3,(H2,8,9,11). The monoisotopic (exact) mass is 185 g/mol. The van der Waals surface area contributed by atoms with E-state index in [9.17, 15) is 4.79 Å². The van der Waals surface area contributed by atoms with Gasteiger partial charge in [0.05, 0.1) is 12.8 Å². The van der Waals surface area contributed by atoms with Gasteiger partial charge in [-0.25, -0.2) is 4.79 Å². The van der Waals surface area contributed by atoms with Gasteiger partial charge < -0.3 is 15.3 Å². The second-order valence-electron chi connectivity index (χ2n) is 2.29. The van der Waals surface area contributed by atoms with Gasteiger partial charge in [-0.15, -0.1) is 4.73 Å². The molecule has 0 aliphatic carbocycles. The van der Waals surface area contributed by atoms with Crippen molar-refractivity contribution in [1.29, 1.82) is 0 Å². The van der Waals surface area contributed by atoms with Gasteiger partial charge in [0.1, 0.15) is 12.4 Å². The van der Waals surface area contributed by atoms with Crippen molar-refractivity contribution in [2.24, 2.45) is 0 Å². The van der Waals surface area contributed by atoms with Gasteiger partial charge >= 0.3 is 5.69 Å². The van der Waals surface area contributed by atoms with Crippen LogP contribution >= 0.6 is 0 Å². The van der Waals surface area contributed by atoms with E-state index in [0.717, 1.165) is 4.73 Å². The van der Waals surface area contributed by atoms with Crippen LogP contribution in [0.2, 0.25) is 0 Å². The minimum Gasteiger partial charge on any atom is -0.407 e. The summed E-state index contributed by atoms with van der Waals surface area (Å²) in [5.74, 6) is 0.177. The first-order valence-corrected chi connectivity index (χ1v) is 3.71. The van der Waals surface area contributed by atoms with Crippen molar-refractivity contribution < 1.29 is 9.57 Å². The number of nitrogen functional groups attached to an aromatic ring is 1. The van der Waals surface area contributed by atoms with Crippen LogP contribution in [0.25, 0.3) is 0 Å². The highest BCUT2D eigenvalue weighted by Gasteiger charge is 1.96. The summed E-state index contributed by atoms with van der Waals surface area (Å²) in [5, 5.41) is 0. The fraction of sp³-hybridized carbons (Fsp3) is 0.429. The summed E-state index contributed by atoms with van der Waals surface area (Å²) in [5.41, 5.74) is 4.75. The molecule has 1 aromatic rings. The van der Waals surface area contributed by atoms with Crippen molar-refractivity contribution in [3.8, 4) is 0 Å². The molecule has 0 spiro atoms. The second kappa shape index (κ2) is 4.46. The molecule has 1 rings (SSSR count). The van der Waals surface area contributed by atoms with Gasteiger partial charge in [-0.1, -0.05) is 0 Å². The zero-order valence-electron chi connectivity index (χ0n) is 7.27. The lowest BCUT2D eigenvalue weighted by Crippen LogP contribution is -2.30. The Kier molecular flexibility index (Phi) is 3.27. The summed E-state index contributed by atoms with van der Waals surface area (Å²) < 4.78 is 5.75. The third-order valence-corrected chi connectivity index (χ3v) is 1.31. The van der Waals surface area contributed by atoms with Crippen LogP contribution in [0.1, 0.15) is 0 Å². The van der Waals surface area contributed by atoms with E-state index in [1.807, 2.05) is 0 Å². The van der Waals surface area contributed by atoms with Crippen molar-refractivity contribution in [1.82, 2.24) is 9.71 Å². The molecular weight excluding hydrogens is 174 g/mol. The van der Waals surface area contributed by atoms with Gasteiger partial charge in [0.25, 0.3) is 0 Å². The summed E-state index contributed by atoms with van der Waals surface area (Å²) >= 11 is 0. The Bertz CT molecular complexity index is 323. The molecule has 0 radical (unpaired) electrons. The lowest BCUT2D eigenvalue weighted by atomic mass is 10.6. The highest BCUT2D eigenvalue weighted by Crippen LogP contribution is 1.86. The molecule has 0 aliphatic heterocycles. The number of nitrogens with two attached hydrogens (primary N) is 1. The van der Waals surface area contributed by atoms with Crippen LogP contribution in [0.3, 0.4) is 0 Å². The molecule has 0 fully saturated rings. The Balaban J connectivity index is 2.62. The molecule has 72 valence electrons. The van der Waals surface area contributed by atoms with Gasteiger partial charge in [-0.2, -0.15) is 4.98 Å². The first kappa shape index (κ1) is 9.53. The molecule has 0 aromatic carbocycles. The highest BCUT2D eigenvalue weighted by atomic mass is 16.7. The smallest absolute Gasteiger partial charge is 0.382 e. The lowest BCUT2D eigenvalue weighted by molar-refractivity contribution is 0.0506. The minimum absolute atomic E-state index is 0.177. The number of hydrogen-bond acceptors (Lipinski definition) is 5. The molecule has 0 unspecified atom stereocenters. The van der Waals surface area contributed by atoms with Crippen molar-refractivity contribution in [2.75, 3.05) is 26.1 Å². The van der Waals surface area contributed by atoms with Crippen LogP contribution in [-0.4, -0.2) is 30.0 Å². The topological polar surface area (TPSA) is 79.4 Å². The zero-order valence-corrected chi connectivity index (χ0v) is 7.27. The SMILES string of the molecule is COCCOn1ccc(N)nc1=O. The van der Waals surface area contributed by atoms with E-state index in [2.05, 4.69) is 4.98 Å². The first-order valence-electron chi connectivity index (χ1n) is 3.71. The normalized spacial score (nSPS) is 9.92. The number of nitrogens with zero attached hydrogens (tertiary/aromatic N) is 2. The van der Waals surface area contributed by atoms with E-state index < -0.39 is 5.69 Å². The Labute approximate surface area is 74.9 Å². The molecule has 1 aromatic heterocycles. The number of hydrogen-bond donors (Lipinski definition) is 1. The van der Waals surface area contributed by atoms with Gasteiger partial charge in [-0.3, -0.25) is 0 Å². The molecule has 6 heteroatoms. The van der Waals surface area contributed by atoms with Crippen molar-refractivity contribution in [3.05, 3.63) is 22.7 Å². The van der Waals surface area contributed by atoms with Gasteiger partial charge in [-0.05, 0) is 0 Å². The van der Waals surface area contributed by atoms with Crippen molar-refractivity contribution in [2.45, 2.75) is 0 Å². The number of anilines is 1. The quantitative estimate of drug-likeness (QED) is 0.602. The molecule has 2 N–H and O–H groups in total. The Morgan fingerprint density at radius 3 is 3.00 bits per heavy atom. The Hall–Kier alpha value is -1.56. The van der Waals surface area contributed by atoms with E-state index in [4.69, 9.17) is 15.3 Å². The number of ether oxygens (including phenoxy) is 1. The number of aromatic nitrogens is 2. The van der Waals surface area contributed by atoms with Crippen LogP contribution in [0.5, 0.6) is 0 Å². The molecule has 0 saturated heterocycles. The molecule has 0 atom stereocenters. The number of rotatable bonds is 4. The molecule has 0 amide bonds. The summed E-state index contributed by atoms with van der Waals surface area (Å²) in [6.45, 7) is 0.707. The van der Waals surface area contributed by atoms with Gasteiger partial charge in [0, 0.05) is 13.2 Å². The van der Waals surface area contributed by atoms with Crippen molar-refractivity contribution >= 4 is 5.82 Å². The maximum atomic E-state index is 11.0. The van der Waals surface area contributed by atoms with Crippen molar-refractivity contribution in [3.63, 3.8) is 0 Å². The maximum Gasteiger partial charge on any atom is 0.382 e. The van der Waals surface area contributed by atoms with Crippen LogP contribution in [-0.2, 0) is 4.74 Å². The fourth-order valence-electron chi connectivity index (χ4n) is 0.722. The van der Waals surface area contributed by atoms with Crippen LogP contribution in [0.4, 0.5) is 5.82 Å². The van der Waals surface area contributed by atoms with E-state index in [0.29, 0.717) is 13.2 Å². The van der Waals surface area contributed by atoms with Crippen LogP contribution < -0.4 is 16.3 Å². The molecule has 0 aliphatic rings. The Morgan fingerprint density at radius 2 is 2.38 bits per heavy atom. The summed E-state index contributed by atoms with van der Waals surface area (Å²) in [7, 11) is 1.55. The average Bonchev–Trinajstić information content (AvgIpc) is 2.09. The molecular formula is C7H11N3O3. The van der Waals surface area contributed by atoms with Crippen LogP contribution in [0, 0.1) is 0 Å². The molecule has 1 heterocycles. The Morgan fingerprint density at radius 1 is 1.62 bits per heavy atom. The summed E-state index contributed by atoms with van der Waals surface area (Å²) in [6.07, 6.45) is 1.42. The summed E-state index contributed by atoms with van der Waals surface area (Å²) in [6, 6.07) is 1.48. The van der Waals surface area contributed by atoms with E-state index >= 15 is 0 Å². The predicted molar refractivity (Wildman–Crippen MR) is 46.2 cm³/mol. The minimum atomic E-state index is -0.531. The molecule has 0 saturated carbocycles. The molecule has 0 bridgehead atoms. The maximum absolute atomic E-state index is 11.0. The van der Waals surface area contributed by atoms with Gasteiger partial charge in [0.2, 0.25) is 0 Å². The first-order chi connectivity index (χ1) is 6.24. The second-order valence-corrected chi connectivity index (χ2v) is 2.29.